The van der Waals surface area contributed by atoms with E-state index in [0.29, 0.717) is 6.42 Å². The Labute approximate surface area is 201 Å². The molecule has 1 aliphatic carbocycles. The van der Waals surface area contributed by atoms with Crippen LogP contribution in [0.2, 0.25) is 0 Å². The molecule has 0 spiro atoms. The van der Waals surface area contributed by atoms with Gasteiger partial charge in [-0.2, -0.15) is 0 Å². The second-order valence-corrected chi connectivity index (χ2v) is 8.34. The van der Waals surface area contributed by atoms with Crippen molar-refractivity contribution in [2.45, 2.75) is 36.9 Å². The van der Waals surface area contributed by atoms with Gasteiger partial charge in [-0.05, 0) is 28.7 Å². The quantitative estimate of drug-likeness (QED) is 0.484. The Morgan fingerprint density at radius 1 is 1.06 bits per heavy atom. The van der Waals surface area contributed by atoms with Crippen molar-refractivity contribution in [1.29, 1.82) is 0 Å². The molecule has 2 aliphatic rings. The van der Waals surface area contributed by atoms with Crippen molar-refractivity contribution in [3.63, 3.8) is 0 Å². The number of benzene rings is 2. The van der Waals surface area contributed by atoms with Gasteiger partial charge in [0.2, 0.25) is 0 Å². The fourth-order valence-electron chi connectivity index (χ4n) is 4.49. The van der Waals surface area contributed by atoms with E-state index in [1.807, 2.05) is 48.5 Å². The van der Waals surface area contributed by atoms with Crippen molar-refractivity contribution >= 4 is 23.9 Å². The van der Waals surface area contributed by atoms with Gasteiger partial charge in [0.1, 0.15) is 12.6 Å². The highest BCUT2D eigenvalue weighted by Crippen LogP contribution is 2.44. The zero-order valence-electron chi connectivity index (χ0n) is 19.1. The van der Waals surface area contributed by atoms with E-state index in [1.165, 1.54) is 0 Å². The number of carboxylic acids is 1. The maximum Gasteiger partial charge on any atom is 0.407 e. The van der Waals surface area contributed by atoms with E-state index in [-0.39, 0.29) is 19.1 Å². The number of nitrogens with one attached hydrogen (secondary N) is 2. The summed E-state index contributed by atoms with van der Waals surface area (Å²) < 4.78 is 15.4. The lowest BCUT2D eigenvalue weighted by atomic mass is 9.98. The minimum Gasteiger partial charge on any atom is -0.480 e. The Morgan fingerprint density at radius 3 is 2.29 bits per heavy atom. The standard InChI is InChI=1S/C25H26N2O8/c1-33-21(28)12-20(24(30)31)26-23(29)22-19(10-11-34-22)27-25(32)35-13-18-16-8-4-2-6-14(16)15-7-3-5-9-17(15)18/h2-9,18-20,22H,10-13H2,1H3,(H,26,29)(H,27,32)(H,30,31)/t19?,20-,22?/m1/s1. The second kappa shape index (κ2) is 10.6. The highest BCUT2D eigenvalue weighted by Gasteiger charge is 2.38. The van der Waals surface area contributed by atoms with Crippen LogP contribution in [0.15, 0.2) is 48.5 Å². The van der Waals surface area contributed by atoms with Crippen LogP contribution < -0.4 is 10.6 Å². The molecule has 35 heavy (non-hydrogen) atoms. The van der Waals surface area contributed by atoms with E-state index >= 15 is 0 Å². The molecule has 2 amide bonds. The first-order chi connectivity index (χ1) is 16.9. The summed E-state index contributed by atoms with van der Waals surface area (Å²) in [6, 6.07) is 13.7. The Morgan fingerprint density at radius 2 is 1.69 bits per heavy atom. The fourth-order valence-corrected chi connectivity index (χ4v) is 4.49. The van der Waals surface area contributed by atoms with Gasteiger partial charge >= 0.3 is 18.0 Å². The summed E-state index contributed by atoms with van der Waals surface area (Å²) in [6.45, 7) is 0.311. The maximum absolute atomic E-state index is 12.6. The number of carbonyl (C=O) groups is 4. The highest BCUT2D eigenvalue weighted by molar-refractivity contribution is 5.90. The van der Waals surface area contributed by atoms with Crippen LogP contribution in [-0.2, 0) is 28.6 Å². The molecular weight excluding hydrogens is 456 g/mol. The minimum atomic E-state index is -1.48. The number of carbonyl (C=O) groups excluding carboxylic acids is 3. The molecule has 184 valence electrons. The summed E-state index contributed by atoms with van der Waals surface area (Å²) in [5, 5.41) is 14.2. The number of hydrogen-bond donors (Lipinski definition) is 3. The molecule has 1 heterocycles. The number of hydrogen-bond acceptors (Lipinski definition) is 7. The van der Waals surface area contributed by atoms with E-state index in [4.69, 9.17) is 9.47 Å². The number of methoxy groups -OCH3 is 1. The molecule has 0 aromatic heterocycles. The third-order valence-corrected chi connectivity index (χ3v) is 6.21. The SMILES string of the molecule is COC(=O)C[C@@H](NC(=O)C1OCCC1NC(=O)OCC1c2ccccc2-c2ccccc21)C(=O)O. The minimum absolute atomic E-state index is 0.110. The van der Waals surface area contributed by atoms with E-state index in [0.717, 1.165) is 29.4 Å². The third kappa shape index (κ3) is 5.27. The van der Waals surface area contributed by atoms with Crippen LogP contribution in [0.25, 0.3) is 11.1 Å². The number of aliphatic carboxylic acids is 1. The topological polar surface area (TPSA) is 140 Å². The zero-order valence-corrected chi connectivity index (χ0v) is 19.1. The molecule has 0 bridgehead atoms. The fraction of sp³-hybridized carbons (Fsp3) is 0.360. The molecule has 1 aliphatic heterocycles. The van der Waals surface area contributed by atoms with Crippen LogP contribution in [0.3, 0.4) is 0 Å². The lowest BCUT2D eigenvalue weighted by molar-refractivity contribution is -0.149. The number of fused-ring (bicyclic) bond motifs is 3. The molecule has 0 saturated carbocycles. The largest absolute Gasteiger partial charge is 0.480 e. The summed E-state index contributed by atoms with van der Waals surface area (Å²) in [6.07, 6.45) is -2.01. The van der Waals surface area contributed by atoms with Crippen molar-refractivity contribution in [3.05, 3.63) is 59.7 Å². The molecule has 4 rings (SSSR count). The number of alkyl carbamates (subject to hydrolysis) is 1. The zero-order chi connectivity index (χ0) is 24.9. The molecule has 3 atom stereocenters. The van der Waals surface area contributed by atoms with Crippen molar-refractivity contribution in [2.75, 3.05) is 20.3 Å². The van der Waals surface area contributed by atoms with Gasteiger partial charge in [-0.3, -0.25) is 9.59 Å². The van der Waals surface area contributed by atoms with Crippen molar-refractivity contribution in [2.24, 2.45) is 0 Å². The first-order valence-electron chi connectivity index (χ1n) is 11.2. The Kier molecular flexibility index (Phi) is 7.31. The van der Waals surface area contributed by atoms with Crippen LogP contribution in [0.4, 0.5) is 4.79 Å². The lowest BCUT2D eigenvalue weighted by Gasteiger charge is -2.22. The number of esters is 1. The highest BCUT2D eigenvalue weighted by atomic mass is 16.6. The molecule has 1 fully saturated rings. The van der Waals surface area contributed by atoms with Crippen molar-refractivity contribution in [3.8, 4) is 11.1 Å². The monoisotopic (exact) mass is 482 g/mol. The molecule has 0 radical (unpaired) electrons. The molecule has 2 aromatic rings. The van der Waals surface area contributed by atoms with Crippen molar-refractivity contribution < 1.29 is 38.5 Å². The van der Waals surface area contributed by atoms with E-state index in [1.54, 1.807) is 0 Å². The maximum atomic E-state index is 12.6. The van der Waals surface area contributed by atoms with Crippen LogP contribution in [-0.4, -0.2) is 67.6 Å². The summed E-state index contributed by atoms with van der Waals surface area (Å²) in [7, 11) is 1.12. The van der Waals surface area contributed by atoms with Gasteiger partial charge in [0.05, 0.1) is 19.6 Å². The molecule has 2 unspecified atom stereocenters. The molecule has 2 aromatic carbocycles. The van der Waals surface area contributed by atoms with E-state index < -0.39 is 48.5 Å². The number of amides is 2. The summed E-state index contributed by atoms with van der Waals surface area (Å²) in [5.41, 5.74) is 4.37. The number of ether oxygens (including phenoxy) is 3. The van der Waals surface area contributed by atoms with Crippen LogP contribution in [0.1, 0.15) is 29.9 Å². The summed E-state index contributed by atoms with van der Waals surface area (Å²) in [5.74, 6) is -3.02. The predicted octanol–water partition coefficient (Wildman–Crippen LogP) is 1.82. The first-order valence-corrected chi connectivity index (χ1v) is 11.2. The second-order valence-electron chi connectivity index (χ2n) is 8.34. The molecule has 3 N–H and O–H groups in total. The van der Waals surface area contributed by atoms with Crippen LogP contribution in [0.5, 0.6) is 0 Å². The lowest BCUT2D eigenvalue weighted by Crippen LogP contribution is -2.52. The van der Waals surface area contributed by atoms with Crippen molar-refractivity contribution in [1.82, 2.24) is 10.6 Å². The molecule has 10 heteroatoms. The van der Waals surface area contributed by atoms with Gasteiger partial charge in [-0.25, -0.2) is 9.59 Å². The smallest absolute Gasteiger partial charge is 0.407 e. The van der Waals surface area contributed by atoms with Gasteiger partial charge in [0, 0.05) is 12.5 Å². The third-order valence-electron chi connectivity index (χ3n) is 6.21. The van der Waals surface area contributed by atoms with Crippen LogP contribution >= 0.6 is 0 Å². The Hall–Kier alpha value is -3.92. The van der Waals surface area contributed by atoms with Gasteiger partial charge in [-0.15, -0.1) is 0 Å². The van der Waals surface area contributed by atoms with Gasteiger partial charge < -0.3 is 30.0 Å². The molecular formula is C25H26N2O8. The van der Waals surface area contributed by atoms with E-state index in [2.05, 4.69) is 15.4 Å². The van der Waals surface area contributed by atoms with E-state index in [9.17, 15) is 24.3 Å². The Balaban J connectivity index is 1.35. The first kappa shape index (κ1) is 24.2. The number of rotatable bonds is 8. The predicted molar refractivity (Wildman–Crippen MR) is 123 cm³/mol. The van der Waals surface area contributed by atoms with Gasteiger partial charge in [0.25, 0.3) is 5.91 Å². The average molecular weight is 482 g/mol. The Bertz CT molecular complexity index is 1090. The van der Waals surface area contributed by atoms with Gasteiger partial charge in [-0.1, -0.05) is 48.5 Å². The number of carboxylic acid groups (broad SMARTS) is 1. The van der Waals surface area contributed by atoms with Gasteiger partial charge in [0.15, 0.2) is 6.10 Å². The summed E-state index contributed by atoms with van der Waals surface area (Å²) >= 11 is 0. The molecule has 10 nitrogen and oxygen atoms in total. The average Bonchev–Trinajstić information content (AvgIpc) is 3.44. The van der Waals surface area contributed by atoms with Crippen LogP contribution in [0, 0.1) is 0 Å². The normalized spacial score (nSPS) is 19.2. The summed E-state index contributed by atoms with van der Waals surface area (Å²) in [4.78, 5) is 48.0. The molecule has 1 saturated heterocycles.